The maximum Gasteiger partial charge on any atom is 0.0333 e. The third kappa shape index (κ3) is 3.37. The third-order valence-electron chi connectivity index (χ3n) is 6.15. The minimum Gasteiger partial charge on any atom is -0.329 e. The molecule has 0 aromatic rings. The lowest BCUT2D eigenvalue weighted by atomic mass is 9.86. The van der Waals surface area contributed by atoms with Crippen LogP contribution in [0.5, 0.6) is 0 Å². The Labute approximate surface area is 125 Å². The highest BCUT2D eigenvalue weighted by atomic mass is 15.3. The van der Waals surface area contributed by atoms with Gasteiger partial charge in [-0.05, 0) is 38.6 Å². The number of hydrogen-bond acceptors (Lipinski definition) is 3. The summed E-state index contributed by atoms with van der Waals surface area (Å²) in [5.41, 5.74) is 6.60. The van der Waals surface area contributed by atoms with Crippen molar-refractivity contribution in [1.29, 1.82) is 0 Å². The standard InChI is InChI=1S/C17H35N3/c1-4-15-7-6-9-17(14-18,10-8-15)20-12-11-19(3)16(5-2)13-20/h15-16H,4-14,18H2,1-3H3. The van der Waals surface area contributed by atoms with Crippen LogP contribution in [0.15, 0.2) is 0 Å². The van der Waals surface area contributed by atoms with Crippen LogP contribution >= 0.6 is 0 Å². The molecule has 1 aliphatic heterocycles. The van der Waals surface area contributed by atoms with Crippen molar-refractivity contribution in [3.8, 4) is 0 Å². The Bertz CT molecular complexity index is 294. The lowest BCUT2D eigenvalue weighted by Crippen LogP contribution is -2.62. The molecule has 0 radical (unpaired) electrons. The summed E-state index contributed by atoms with van der Waals surface area (Å²) < 4.78 is 0. The molecule has 3 atom stereocenters. The fourth-order valence-corrected chi connectivity index (χ4v) is 4.34. The summed E-state index contributed by atoms with van der Waals surface area (Å²) in [5, 5.41) is 0. The van der Waals surface area contributed by atoms with E-state index < -0.39 is 0 Å². The van der Waals surface area contributed by atoms with Crippen molar-refractivity contribution in [1.82, 2.24) is 9.80 Å². The first-order valence-electron chi connectivity index (χ1n) is 8.80. The zero-order valence-corrected chi connectivity index (χ0v) is 13.9. The summed E-state index contributed by atoms with van der Waals surface area (Å²) >= 11 is 0. The molecule has 2 aliphatic rings. The van der Waals surface area contributed by atoms with E-state index in [1.807, 2.05) is 0 Å². The summed E-state index contributed by atoms with van der Waals surface area (Å²) in [6.45, 7) is 9.16. The third-order valence-corrected chi connectivity index (χ3v) is 6.15. The second-order valence-electron chi connectivity index (χ2n) is 7.12. The molecule has 3 unspecified atom stereocenters. The highest BCUT2D eigenvalue weighted by Crippen LogP contribution is 2.36. The molecule has 2 rings (SSSR count). The van der Waals surface area contributed by atoms with Crippen LogP contribution in [0, 0.1) is 5.92 Å². The van der Waals surface area contributed by atoms with Crippen molar-refractivity contribution < 1.29 is 0 Å². The number of hydrogen-bond donors (Lipinski definition) is 1. The van der Waals surface area contributed by atoms with Crippen molar-refractivity contribution in [2.24, 2.45) is 11.7 Å². The number of likely N-dealkylation sites (N-methyl/N-ethyl adjacent to an activating group) is 1. The van der Waals surface area contributed by atoms with E-state index in [0.29, 0.717) is 5.54 Å². The lowest BCUT2D eigenvalue weighted by molar-refractivity contribution is 0.00315. The van der Waals surface area contributed by atoms with E-state index in [-0.39, 0.29) is 0 Å². The van der Waals surface area contributed by atoms with Crippen LogP contribution in [0.4, 0.5) is 0 Å². The normalized spacial score (nSPS) is 37.8. The van der Waals surface area contributed by atoms with Crippen molar-refractivity contribution >= 4 is 0 Å². The zero-order chi connectivity index (χ0) is 14.6. The minimum absolute atomic E-state index is 0.304. The highest BCUT2D eigenvalue weighted by Gasteiger charge is 2.40. The molecular formula is C17H35N3. The van der Waals surface area contributed by atoms with Crippen LogP contribution < -0.4 is 5.73 Å². The van der Waals surface area contributed by atoms with Gasteiger partial charge in [-0.25, -0.2) is 0 Å². The van der Waals surface area contributed by atoms with Crippen LogP contribution in [-0.4, -0.2) is 54.6 Å². The van der Waals surface area contributed by atoms with Gasteiger partial charge in [-0.3, -0.25) is 4.90 Å². The second kappa shape index (κ2) is 7.24. The molecule has 1 aliphatic carbocycles. The van der Waals surface area contributed by atoms with Crippen LogP contribution in [0.25, 0.3) is 0 Å². The second-order valence-corrected chi connectivity index (χ2v) is 7.12. The van der Waals surface area contributed by atoms with Gasteiger partial charge in [0.1, 0.15) is 0 Å². The zero-order valence-electron chi connectivity index (χ0n) is 13.9. The summed E-state index contributed by atoms with van der Waals surface area (Å²) in [6, 6.07) is 0.720. The summed E-state index contributed by atoms with van der Waals surface area (Å²) in [4.78, 5) is 5.30. The molecule has 1 saturated carbocycles. The minimum atomic E-state index is 0.304. The van der Waals surface area contributed by atoms with Gasteiger partial charge in [0, 0.05) is 37.8 Å². The maximum atomic E-state index is 6.29. The smallest absolute Gasteiger partial charge is 0.0333 e. The molecule has 0 aromatic heterocycles. The monoisotopic (exact) mass is 281 g/mol. The average Bonchev–Trinajstić information content (AvgIpc) is 2.70. The molecule has 0 spiro atoms. The van der Waals surface area contributed by atoms with E-state index >= 15 is 0 Å². The van der Waals surface area contributed by atoms with Gasteiger partial charge in [-0.15, -0.1) is 0 Å². The Hall–Kier alpha value is -0.120. The Morgan fingerprint density at radius 1 is 1.10 bits per heavy atom. The molecule has 1 saturated heterocycles. The predicted molar refractivity (Wildman–Crippen MR) is 86.9 cm³/mol. The van der Waals surface area contributed by atoms with Crippen molar-refractivity contribution in [2.75, 3.05) is 33.2 Å². The van der Waals surface area contributed by atoms with E-state index in [9.17, 15) is 0 Å². The average molecular weight is 281 g/mol. The first-order chi connectivity index (χ1) is 9.65. The van der Waals surface area contributed by atoms with Gasteiger partial charge in [0.25, 0.3) is 0 Å². The summed E-state index contributed by atoms with van der Waals surface area (Å²) in [5.74, 6) is 0.942. The molecule has 20 heavy (non-hydrogen) atoms. The van der Waals surface area contributed by atoms with Crippen molar-refractivity contribution in [3.05, 3.63) is 0 Å². The Kier molecular flexibility index (Phi) is 5.88. The molecule has 118 valence electrons. The van der Waals surface area contributed by atoms with E-state index in [4.69, 9.17) is 5.73 Å². The van der Waals surface area contributed by atoms with E-state index in [1.165, 1.54) is 64.6 Å². The largest absolute Gasteiger partial charge is 0.329 e. The molecule has 1 heterocycles. The molecule has 0 amide bonds. The Morgan fingerprint density at radius 2 is 1.90 bits per heavy atom. The molecule has 0 aromatic carbocycles. The van der Waals surface area contributed by atoms with Gasteiger partial charge in [0.2, 0.25) is 0 Å². The van der Waals surface area contributed by atoms with Gasteiger partial charge in [-0.1, -0.05) is 33.1 Å². The number of nitrogens with two attached hydrogens (primary N) is 1. The summed E-state index contributed by atoms with van der Waals surface area (Å²) in [6.07, 6.45) is 9.42. The topological polar surface area (TPSA) is 32.5 Å². The molecule has 2 fully saturated rings. The van der Waals surface area contributed by atoms with E-state index in [1.54, 1.807) is 0 Å². The lowest BCUT2D eigenvalue weighted by Gasteiger charge is -2.49. The fraction of sp³-hybridized carbons (Fsp3) is 1.00. The fourth-order valence-electron chi connectivity index (χ4n) is 4.34. The van der Waals surface area contributed by atoms with Gasteiger partial charge < -0.3 is 10.6 Å². The Morgan fingerprint density at radius 3 is 2.55 bits per heavy atom. The van der Waals surface area contributed by atoms with E-state index in [0.717, 1.165) is 18.5 Å². The van der Waals surface area contributed by atoms with Gasteiger partial charge in [0.05, 0.1) is 0 Å². The molecule has 2 N–H and O–H groups in total. The molecule has 0 bridgehead atoms. The first-order valence-corrected chi connectivity index (χ1v) is 8.80. The maximum absolute atomic E-state index is 6.29. The predicted octanol–water partition coefficient (Wildman–Crippen LogP) is 2.70. The van der Waals surface area contributed by atoms with Gasteiger partial charge in [0.15, 0.2) is 0 Å². The Balaban J connectivity index is 2.06. The van der Waals surface area contributed by atoms with Crippen LogP contribution in [0.1, 0.15) is 58.8 Å². The van der Waals surface area contributed by atoms with Crippen LogP contribution in [0.2, 0.25) is 0 Å². The molecule has 3 nitrogen and oxygen atoms in total. The number of nitrogens with zero attached hydrogens (tertiary/aromatic N) is 2. The number of piperazine rings is 1. The summed E-state index contributed by atoms with van der Waals surface area (Å²) in [7, 11) is 2.28. The quantitative estimate of drug-likeness (QED) is 0.804. The van der Waals surface area contributed by atoms with Crippen LogP contribution in [0.3, 0.4) is 0 Å². The highest BCUT2D eigenvalue weighted by molar-refractivity contribution is 4.97. The van der Waals surface area contributed by atoms with Gasteiger partial charge in [-0.2, -0.15) is 0 Å². The molecular weight excluding hydrogens is 246 g/mol. The van der Waals surface area contributed by atoms with Crippen LogP contribution in [-0.2, 0) is 0 Å². The SMILES string of the molecule is CCC1CCCC(CN)(N2CCN(C)C(CC)C2)CC1. The molecule has 3 heteroatoms. The van der Waals surface area contributed by atoms with E-state index in [2.05, 4.69) is 30.7 Å². The first kappa shape index (κ1) is 16.3. The van der Waals surface area contributed by atoms with Crippen molar-refractivity contribution in [2.45, 2.75) is 70.4 Å². The number of rotatable bonds is 4. The van der Waals surface area contributed by atoms with Gasteiger partial charge >= 0.3 is 0 Å². The van der Waals surface area contributed by atoms with Crippen molar-refractivity contribution in [3.63, 3.8) is 0 Å².